The number of pyridine rings is 1. The number of methoxy groups -OCH3 is 2. The van der Waals surface area contributed by atoms with E-state index in [0.717, 1.165) is 0 Å². The predicted molar refractivity (Wildman–Crippen MR) is 70.3 cm³/mol. The van der Waals surface area contributed by atoms with E-state index < -0.39 is 6.04 Å². The molecule has 0 aromatic carbocycles. The van der Waals surface area contributed by atoms with Gasteiger partial charge in [-0.1, -0.05) is 0 Å². The molecule has 1 unspecified atom stereocenters. The number of nitrogens with one attached hydrogen (secondary N) is 1. The van der Waals surface area contributed by atoms with Crippen LogP contribution in [-0.2, 0) is 16.1 Å². The van der Waals surface area contributed by atoms with E-state index in [9.17, 15) is 4.79 Å². The van der Waals surface area contributed by atoms with Crippen LogP contribution in [0.4, 0.5) is 0 Å². The summed E-state index contributed by atoms with van der Waals surface area (Å²) in [6.07, 6.45) is 1.63. The zero-order valence-electron chi connectivity index (χ0n) is 11.7. The lowest BCUT2D eigenvalue weighted by atomic mass is 10.2. The molecule has 0 saturated heterocycles. The molecule has 19 heavy (non-hydrogen) atoms. The van der Waals surface area contributed by atoms with Crippen molar-refractivity contribution in [1.82, 2.24) is 10.3 Å². The molecule has 0 radical (unpaired) electrons. The van der Waals surface area contributed by atoms with Crippen molar-refractivity contribution >= 4 is 5.97 Å². The Hall–Kier alpha value is -1.82. The highest BCUT2D eigenvalue weighted by Crippen LogP contribution is 2.28. The van der Waals surface area contributed by atoms with Gasteiger partial charge >= 0.3 is 5.97 Å². The Morgan fingerprint density at radius 1 is 1.42 bits per heavy atom. The molecule has 6 heteroatoms. The Morgan fingerprint density at radius 3 is 2.74 bits per heavy atom. The molecule has 1 N–H and O–H groups in total. The fourth-order valence-corrected chi connectivity index (χ4v) is 1.58. The van der Waals surface area contributed by atoms with Crippen molar-refractivity contribution in [3.05, 3.63) is 18.0 Å². The second-order valence-corrected chi connectivity index (χ2v) is 3.85. The standard InChI is InChI=1S/C13H20N2O4/c1-5-19-13(16)9(2)15-8-10-12(18-4)11(17-3)6-7-14-10/h6-7,9,15H,5,8H2,1-4H3. The number of aromatic nitrogens is 1. The van der Waals surface area contributed by atoms with Crippen molar-refractivity contribution in [2.45, 2.75) is 26.4 Å². The molecule has 0 amide bonds. The van der Waals surface area contributed by atoms with Gasteiger partial charge in [0.05, 0.1) is 26.5 Å². The van der Waals surface area contributed by atoms with Gasteiger partial charge in [-0.25, -0.2) is 0 Å². The molecule has 106 valence electrons. The predicted octanol–water partition coefficient (Wildman–Crippen LogP) is 1.14. The quantitative estimate of drug-likeness (QED) is 0.748. The molecular weight excluding hydrogens is 248 g/mol. The minimum absolute atomic E-state index is 0.288. The highest BCUT2D eigenvalue weighted by Gasteiger charge is 2.16. The van der Waals surface area contributed by atoms with Crippen LogP contribution in [0.5, 0.6) is 11.5 Å². The van der Waals surface area contributed by atoms with Crippen LogP contribution < -0.4 is 14.8 Å². The van der Waals surface area contributed by atoms with Crippen molar-refractivity contribution in [2.24, 2.45) is 0 Å². The van der Waals surface area contributed by atoms with Crippen LogP contribution in [0, 0.1) is 0 Å². The summed E-state index contributed by atoms with van der Waals surface area (Å²) < 4.78 is 15.4. The lowest BCUT2D eigenvalue weighted by Crippen LogP contribution is -2.35. The van der Waals surface area contributed by atoms with Gasteiger partial charge in [0, 0.05) is 18.8 Å². The second-order valence-electron chi connectivity index (χ2n) is 3.85. The van der Waals surface area contributed by atoms with Crippen LogP contribution in [0.15, 0.2) is 12.3 Å². The molecule has 0 aliphatic carbocycles. The zero-order valence-corrected chi connectivity index (χ0v) is 11.7. The van der Waals surface area contributed by atoms with E-state index in [-0.39, 0.29) is 5.97 Å². The van der Waals surface area contributed by atoms with Crippen LogP contribution in [0.2, 0.25) is 0 Å². The maximum absolute atomic E-state index is 11.5. The van der Waals surface area contributed by atoms with Crippen molar-refractivity contribution in [3.8, 4) is 11.5 Å². The zero-order chi connectivity index (χ0) is 14.3. The maximum Gasteiger partial charge on any atom is 0.322 e. The van der Waals surface area contributed by atoms with E-state index in [2.05, 4.69) is 10.3 Å². The SMILES string of the molecule is CCOC(=O)C(C)NCc1nccc(OC)c1OC. The minimum atomic E-state index is -0.405. The van der Waals surface area contributed by atoms with Crippen molar-refractivity contribution in [3.63, 3.8) is 0 Å². The molecule has 0 aliphatic heterocycles. The highest BCUT2D eigenvalue weighted by molar-refractivity contribution is 5.75. The Balaban J connectivity index is 2.70. The van der Waals surface area contributed by atoms with Crippen LogP contribution in [0.3, 0.4) is 0 Å². The smallest absolute Gasteiger partial charge is 0.322 e. The summed E-state index contributed by atoms with van der Waals surface area (Å²) in [4.78, 5) is 15.7. The van der Waals surface area contributed by atoms with E-state index in [4.69, 9.17) is 14.2 Å². The third kappa shape index (κ3) is 4.10. The van der Waals surface area contributed by atoms with Gasteiger partial charge in [0.25, 0.3) is 0 Å². The summed E-state index contributed by atoms with van der Waals surface area (Å²) >= 11 is 0. The highest BCUT2D eigenvalue weighted by atomic mass is 16.5. The molecule has 1 aromatic rings. The van der Waals surface area contributed by atoms with Gasteiger partial charge in [-0.15, -0.1) is 0 Å². The first-order chi connectivity index (χ1) is 9.13. The molecule has 0 bridgehead atoms. The molecule has 0 fully saturated rings. The van der Waals surface area contributed by atoms with E-state index in [1.165, 1.54) is 0 Å². The normalized spacial score (nSPS) is 11.8. The first-order valence-corrected chi connectivity index (χ1v) is 6.09. The molecule has 0 spiro atoms. The summed E-state index contributed by atoms with van der Waals surface area (Å²) in [7, 11) is 3.12. The van der Waals surface area contributed by atoms with E-state index in [0.29, 0.717) is 30.3 Å². The third-order valence-corrected chi connectivity index (χ3v) is 2.58. The molecule has 1 heterocycles. The molecule has 0 aliphatic rings. The molecule has 0 saturated carbocycles. The number of hydrogen-bond acceptors (Lipinski definition) is 6. The number of carbonyl (C=O) groups is 1. The monoisotopic (exact) mass is 268 g/mol. The van der Waals surface area contributed by atoms with Crippen molar-refractivity contribution < 1.29 is 19.0 Å². The summed E-state index contributed by atoms with van der Waals surface area (Å²) in [5.74, 6) is 0.885. The topological polar surface area (TPSA) is 69.7 Å². The number of hydrogen-bond donors (Lipinski definition) is 1. The van der Waals surface area contributed by atoms with Crippen molar-refractivity contribution in [2.75, 3.05) is 20.8 Å². The lowest BCUT2D eigenvalue weighted by Gasteiger charge is -2.15. The van der Waals surface area contributed by atoms with Gasteiger partial charge in [0.1, 0.15) is 6.04 Å². The van der Waals surface area contributed by atoms with Gasteiger partial charge in [-0.3, -0.25) is 15.1 Å². The molecular formula is C13H20N2O4. The Kier molecular flexibility index (Phi) is 6.08. The fourth-order valence-electron chi connectivity index (χ4n) is 1.58. The van der Waals surface area contributed by atoms with E-state index in [1.54, 1.807) is 40.3 Å². The molecule has 1 atom stereocenters. The summed E-state index contributed by atoms with van der Waals surface area (Å²) in [6.45, 7) is 4.27. The van der Waals surface area contributed by atoms with Crippen LogP contribution in [0.25, 0.3) is 0 Å². The Labute approximate surface area is 113 Å². The summed E-state index contributed by atoms with van der Waals surface area (Å²) in [6, 6.07) is 1.31. The number of rotatable bonds is 7. The Morgan fingerprint density at radius 2 is 2.16 bits per heavy atom. The van der Waals surface area contributed by atoms with Crippen molar-refractivity contribution in [1.29, 1.82) is 0 Å². The number of esters is 1. The summed E-state index contributed by atoms with van der Waals surface area (Å²) in [5.41, 5.74) is 0.679. The minimum Gasteiger partial charge on any atom is -0.493 e. The summed E-state index contributed by atoms with van der Waals surface area (Å²) in [5, 5.41) is 3.04. The number of ether oxygens (including phenoxy) is 3. The molecule has 1 rings (SSSR count). The van der Waals surface area contributed by atoms with Gasteiger partial charge in [-0.05, 0) is 13.8 Å². The fraction of sp³-hybridized carbons (Fsp3) is 0.538. The van der Waals surface area contributed by atoms with Gasteiger partial charge < -0.3 is 14.2 Å². The average molecular weight is 268 g/mol. The van der Waals surface area contributed by atoms with Crippen LogP contribution in [0.1, 0.15) is 19.5 Å². The maximum atomic E-state index is 11.5. The lowest BCUT2D eigenvalue weighted by molar-refractivity contribution is -0.145. The van der Waals surface area contributed by atoms with E-state index in [1.807, 2.05) is 0 Å². The van der Waals surface area contributed by atoms with E-state index >= 15 is 0 Å². The van der Waals surface area contributed by atoms with Crippen LogP contribution >= 0.6 is 0 Å². The second kappa shape index (κ2) is 7.58. The third-order valence-electron chi connectivity index (χ3n) is 2.58. The first kappa shape index (κ1) is 15.2. The van der Waals surface area contributed by atoms with Gasteiger partial charge in [0.2, 0.25) is 0 Å². The molecule has 6 nitrogen and oxygen atoms in total. The number of carbonyl (C=O) groups excluding carboxylic acids is 1. The van der Waals surface area contributed by atoms with Gasteiger partial charge in [0.15, 0.2) is 11.5 Å². The van der Waals surface area contributed by atoms with Gasteiger partial charge in [-0.2, -0.15) is 0 Å². The largest absolute Gasteiger partial charge is 0.493 e. The average Bonchev–Trinajstić information content (AvgIpc) is 2.44. The van der Waals surface area contributed by atoms with Crippen LogP contribution in [-0.4, -0.2) is 37.8 Å². The number of nitrogens with zero attached hydrogens (tertiary/aromatic N) is 1. The molecule has 1 aromatic heterocycles. The Bertz CT molecular complexity index is 423. The first-order valence-electron chi connectivity index (χ1n) is 6.09.